The van der Waals surface area contributed by atoms with Crippen molar-refractivity contribution in [2.45, 2.75) is 38.9 Å². The SMILES string of the molecule is Cn1nc(C(=O)N2CCCC2)c2c1CCN(Cc1ccc(C(=O)NCc3cc(F)cc(F)c3)cc1)C2. The third kappa shape index (κ3) is 5.16. The van der Waals surface area contributed by atoms with Crippen molar-refractivity contribution >= 4 is 11.8 Å². The van der Waals surface area contributed by atoms with Gasteiger partial charge < -0.3 is 10.2 Å². The normalized spacial score (nSPS) is 15.7. The third-order valence-corrected chi connectivity index (χ3v) is 6.91. The molecule has 3 heterocycles. The summed E-state index contributed by atoms with van der Waals surface area (Å²) in [5.41, 5.74) is 4.61. The number of carbonyl (C=O) groups excluding carboxylic acids is 2. The summed E-state index contributed by atoms with van der Waals surface area (Å²) in [5.74, 6) is -1.63. The molecule has 7 nitrogen and oxygen atoms in total. The van der Waals surface area contributed by atoms with E-state index in [0.29, 0.717) is 29.9 Å². The zero-order chi connectivity index (χ0) is 25.2. The van der Waals surface area contributed by atoms with Gasteiger partial charge in [-0.05, 0) is 48.2 Å². The predicted octanol–water partition coefficient (Wildman–Crippen LogP) is 3.42. The quantitative estimate of drug-likeness (QED) is 0.571. The summed E-state index contributed by atoms with van der Waals surface area (Å²) in [6, 6.07) is 10.5. The lowest BCUT2D eigenvalue weighted by atomic mass is 10.0. The molecule has 3 aromatic rings. The fourth-order valence-electron chi connectivity index (χ4n) is 5.04. The number of aryl methyl sites for hydroxylation is 1. The van der Waals surface area contributed by atoms with Gasteiger partial charge in [-0.15, -0.1) is 0 Å². The molecule has 1 saturated heterocycles. The van der Waals surface area contributed by atoms with E-state index in [1.54, 1.807) is 12.1 Å². The maximum atomic E-state index is 13.3. The Morgan fingerprint density at radius 1 is 0.972 bits per heavy atom. The molecule has 2 aliphatic rings. The maximum Gasteiger partial charge on any atom is 0.274 e. The topological polar surface area (TPSA) is 70.5 Å². The van der Waals surface area contributed by atoms with Gasteiger partial charge in [0, 0.05) is 75.6 Å². The Hall–Kier alpha value is -3.59. The summed E-state index contributed by atoms with van der Waals surface area (Å²) in [6.07, 6.45) is 2.92. The number of rotatable bonds is 6. The standard InChI is InChI=1S/C27H29F2N5O2/c1-32-24-8-11-33(17-23(24)25(31-32)27(36)34-9-2-3-10-34)16-18-4-6-20(7-5-18)26(35)30-15-19-12-21(28)14-22(29)13-19/h4-7,12-14H,2-3,8-11,15-17H2,1H3,(H,30,35). The third-order valence-electron chi connectivity index (χ3n) is 6.91. The van der Waals surface area contributed by atoms with Gasteiger partial charge in [0.05, 0.1) is 0 Å². The molecule has 1 N–H and O–H groups in total. The van der Waals surface area contributed by atoms with Crippen molar-refractivity contribution in [3.05, 3.63) is 87.7 Å². The molecular formula is C27H29F2N5O2. The van der Waals surface area contributed by atoms with Gasteiger partial charge in [0.25, 0.3) is 11.8 Å². The predicted molar refractivity (Wildman–Crippen MR) is 130 cm³/mol. The highest BCUT2D eigenvalue weighted by Crippen LogP contribution is 2.25. The van der Waals surface area contributed by atoms with Crippen LogP contribution in [0.3, 0.4) is 0 Å². The van der Waals surface area contributed by atoms with Gasteiger partial charge in [-0.25, -0.2) is 8.78 Å². The number of benzene rings is 2. The van der Waals surface area contributed by atoms with Crippen molar-refractivity contribution in [2.24, 2.45) is 7.05 Å². The molecule has 5 rings (SSSR count). The number of fused-ring (bicyclic) bond motifs is 1. The Kier molecular flexibility index (Phi) is 6.82. The minimum Gasteiger partial charge on any atom is -0.348 e. The molecule has 0 radical (unpaired) electrons. The van der Waals surface area contributed by atoms with Crippen LogP contribution < -0.4 is 5.32 Å². The Bertz CT molecular complexity index is 1260. The van der Waals surface area contributed by atoms with E-state index in [1.807, 2.05) is 28.8 Å². The first kappa shape index (κ1) is 24.1. The molecule has 1 aromatic heterocycles. The van der Waals surface area contributed by atoms with Crippen molar-refractivity contribution < 1.29 is 18.4 Å². The second-order valence-corrected chi connectivity index (χ2v) is 9.51. The molecule has 2 aliphatic heterocycles. The van der Waals surface area contributed by atoms with Gasteiger partial charge in [-0.3, -0.25) is 19.2 Å². The number of nitrogens with zero attached hydrogens (tertiary/aromatic N) is 4. The van der Waals surface area contributed by atoms with Crippen LogP contribution in [0.25, 0.3) is 0 Å². The summed E-state index contributed by atoms with van der Waals surface area (Å²) in [7, 11) is 1.91. The van der Waals surface area contributed by atoms with E-state index in [2.05, 4.69) is 15.3 Å². The highest BCUT2D eigenvalue weighted by Gasteiger charge is 2.30. The minimum atomic E-state index is -0.674. The molecule has 188 valence electrons. The summed E-state index contributed by atoms with van der Waals surface area (Å²) >= 11 is 0. The number of hydrogen-bond acceptors (Lipinski definition) is 4. The highest BCUT2D eigenvalue weighted by atomic mass is 19.1. The van der Waals surface area contributed by atoms with E-state index < -0.39 is 11.6 Å². The molecule has 36 heavy (non-hydrogen) atoms. The minimum absolute atomic E-state index is 0.0301. The summed E-state index contributed by atoms with van der Waals surface area (Å²) in [4.78, 5) is 29.7. The monoisotopic (exact) mass is 493 g/mol. The Morgan fingerprint density at radius 2 is 1.67 bits per heavy atom. The maximum absolute atomic E-state index is 13.3. The highest BCUT2D eigenvalue weighted by molar-refractivity contribution is 5.94. The Labute approximate surface area is 208 Å². The molecule has 9 heteroatoms. The van der Waals surface area contributed by atoms with Crippen LogP contribution in [0.2, 0.25) is 0 Å². The zero-order valence-corrected chi connectivity index (χ0v) is 20.3. The first-order valence-electron chi connectivity index (χ1n) is 12.3. The Balaban J connectivity index is 1.21. The molecule has 0 bridgehead atoms. The number of carbonyl (C=O) groups is 2. The second-order valence-electron chi connectivity index (χ2n) is 9.51. The molecule has 0 atom stereocenters. The van der Waals surface area contributed by atoms with Gasteiger partial charge in [0.2, 0.25) is 0 Å². The van der Waals surface area contributed by atoms with Crippen molar-refractivity contribution in [3.8, 4) is 0 Å². The summed E-state index contributed by atoms with van der Waals surface area (Å²) in [6.45, 7) is 3.84. The van der Waals surface area contributed by atoms with Crippen LogP contribution in [0.1, 0.15) is 56.1 Å². The summed E-state index contributed by atoms with van der Waals surface area (Å²) in [5, 5.41) is 7.27. The average molecular weight is 494 g/mol. The molecule has 0 aliphatic carbocycles. The molecule has 1 fully saturated rings. The van der Waals surface area contributed by atoms with Gasteiger partial charge in [-0.2, -0.15) is 5.10 Å². The van der Waals surface area contributed by atoms with Gasteiger partial charge in [0.15, 0.2) is 5.69 Å². The van der Waals surface area contributed by atoms with Crippen molar-refractivity contribution in [1.29, 1.82) is 0 Å². The van der Waals surface area contributed by atoms with Crippen LogP contribution in [0.4, 0.5) is 8.78 Å². The van der Waals surface area contributed by atoms with E-state index in [-0.39, 0.29) is 18.4 Å². The van der Waals surface area contributed by atoms with Crippen LogP contribution in [-0.4, -0.2) is 51.0 Å². The average Bonchev–Trinajstić information content (AvgIpc) is 3.51. The number of nitrogens with one attached hydrogen (secondary N) is 1. The van der Waals surface area contributed by atoms with Crippen LogP contribution in [0.5, 0.6) is 0 Å². The van der Waals surface area contributed by atoms with Gasteiger partial charge in [0.1, 0.15) is 11.6 Å². The lowest BCUT2D eigenvalue weighted by Gasteiger charge is -2.28. The van der Waals surface area contributed by atoms with Crippen LogP contribution >= 0.6 is 0 Å². The molecule has 0 unspecified atom stereocenters. The molecule has 0 saturated carbocycles. The van der Waals surface area contributed by atoms with Crippen LogP contribution in [-0.2, 0) is 33.1 Å². The van der Waals surface area contributed by atoms with E-state index in [0.717, 1.165) is 61.8 Å². The van der Waals surface area contributed by atoms with E-state index in [1.165, 1.54) is 12.1 Å². The fraction of sp³-hybridized carbons (Fsp3) is 0.370. The van der Waals surface area contributed by atoms with Crippen molar-refractivity contribution in [1.82, 2.24) is 24.9 Å². The molecule has 0 spiro atoms. The number of aromatic nitrogens is 2. The van der Waals surface area contributed by atoms with E-state index in [4.69, 9.17) is 0 Å². The molecule has 2 aromatic carbocycles. The van der Waals surface area contributed by atoms with E-state index >= 15 is 0 Å². The first-order valence-corrected chi connectivity index (χ1v) is 12.3. The largest absolute Gasteiger partial charge is 0.348 e. The van der Waals surface area contributed by atoms with Crippen LogP contribution in [0, 0.1) is 11.6 Å². The lowest BCUT2D eigenvalue weighted by Crippen LogP contribution is -2.33. The van der Waals surface area contributed by atoms with Gasteiger partial charge >= 0.3 is 0 Å². The van der Waals surface area contributed by atoms with Crippen molar-refractivity contribution in [2.75, 3.05) is 19.6 Å². The lowest BCUT2D eigenvalue weighted by molar-refractivity contribution is 0.0783. The van der Waals surface area contributed by atoms with Gasteiger partial charge in [-0.1, -0.05) is 12.1 Å². The number of likely N-dealkylation sites (tertiary alicyclic amines) is 1. The molecule has 2 amide bonds. The van der Waals surface area contributed by atoms with Crippen molar-refractivity contribution in [3.63, 3.8) is 0 Å². The zero-order valence-electron chi connectivity index (χ0n) is 20.3. The summed E-state index contributed by atoms with van der Waals surface area (Å²) < 4.78 is 28.5. The van der Waals surface area contributed by atoms with E-state index in [9.17, 15) is 18.4 Å². The Morgan fingerprint density at radius 3 is 2.36 bits per heavy atom. The molecular weight excluding hydrogens is 464 g/mol. The number of amides is 2. The first-order chi connectivity index (χ1) is 17.4. The number of hydrogen-bond donors (Lipinski definition) is 1. The smallest absolute Gasteiger partial charge is 0.274 e. The number of halogens is 2. The fourth-order valence-corrected chi connectivity index (χ4v) is 5.04. The second kappa shape index (κ2) is 10.2. The van der Waals surface area contributed by atoms with Crippen LogP contribution in [0.15, 0.2) is 42.5 Å².